The van der Waals surface area contributed by atoms with Crippen molar-refractivity contribution in [3.05, 3.63) is 57.2 Å². The Morgan fingerprint density at radius 2 is 2.00 bits per heavy atom. The van der Waals surface area contributed by atoms with Crippen LogP contribution in [0.15, 0.2) is 18.3 Å². The van der Waals surface area contributed by atoms with Crippen LogP contribution in [0.5, 0.6) is 0 Å². The highest BCUT2D eigenvalue weighted by Crippen LogP contribution is 2.21. The quantitative estimate of drug-likeness (QED) is 0.432. The Morgan fingerprint density at radius 1 is 1.39 bits per heavy atom. The van der Waals surface area contributed by atoms with Gasteiger partial charge in [0.05, 0.1) is 17.6 Å². The number of aromatic nitrogens is 2. The third-order valence-electron chi connectivity index (χ3n) is 2.94. The molecule has 0 spiro atoms. The van der Waals surface area contributed by atoms with E-state index >= 15 is 0 Å². The van der Waals surface area contributed by atoms with Crippen molar-refractivity contribution in [2.24, 2.45) is 0 Å². The lowest BCUT2D eigenvalue weighted by molar-refractivity contribution is -0.385. The lowest BCUT2D eigenvalue weighted by atomic mass is 10.1. The van der Waals surface area contributed by atoms with Gasteiger partial charge in [-0.15, -0.1) is 0 Å². The van der Waals surface area contributed by atoms with Crippen LogP contribution in [0.4, 0.5) is 18.9 Å². The van der Waals surface area contributed by atoms with Gasteiger partial charge in [0.25, 0.3) is 5.91 Å². The summed E-state index contributed by atoms with van der Waals surface area (Å²) in [5, 5.41) is 27.5. The second-order valence-corrected chi connectivity index (χ2v) is 4.39. The molecule has 0 fully saturated rings. The monoisotopic (exact) mass is 330 g/mol. The number of hydrogen-bond donors (Lipinski definition) is 3. The summed E-state index contributed by atoms with van der Waals surface area (Å²) in [5.41, 5.74) is -1.37. The predicted molar refractivity (Wildman–Crippen MR) is 68.9 cm³/mol. The van der Waals surface area contributed by atoms with Gasteiger partial charge in [-0.1, -0.05) is 0 Å². The number of nitro groups is 1. The first-order valence-corrected chi connectivity index (χ1v) is 6.09. The number of aliphatic hydroxyl groups is 1. The molecule has 23 heavy (non-hydrogen) atoms. The van der Waals surface area contributed by atoms with Crippen LogP contribution >= 0.6 is 0 Å². The van der Waals surface area contributed by atoms with Gasteiger partial charge in [-0.25, -0.2) is 13.2 Å². The molecule has 0 radical (unpaired) electrons. The number of aliphatic hydroxyl groups excluding tert-OH is 1. The summed E-state index contributed by atoms with van der Waals surface area (Å²) in [5.74, 6) is -5.72. The molecule has 2 rings (SSSR count). The number of benzene rings is 1. The summed E-state index contributed by atoms with van der Waals surface area (Å²) >= 11 is 0. The second-order valence-electron chi connectivity index (χ2n) is 4.39. The van der Waals surface area contributed by atoms with Gasteiger partial charge in [-0.3, -0.25) is 20.0 Å². The Bertz CT molecular complexity index is 742. The smallest absolute Gasteiger partial charge is 0.319 e. The second kappa shape index (κ2) is 6.44. The molecule has 1 amide bonds. The summed E-state index contributed by atoms with van der Waals surface area (Å²) in [7, 11) is 0. The Labute approximate surface area is 126 Å². The zero-order chi connectivity index (χ0) is 17.1. The minimum Gasteiger partial charge on any atom is -0.394 e. The van der Waals surface area contributed by atoms with E-state index in [2.05, 4.69) is 15.5 Å². The fraction of sp³-hybridized carbons (Fsp3) is 0.167. The van der Waals surface area contributed by atoms with Gasteiger partial charge < -0.3 is 10.4 Å². The number of nitrogens with one attached hydrogen (secondary N) is 2. The first-order valence-electron chi connectivity index (χ1n) is 6.09. The highest BCUT2D eigenvalue weighted by Gasteiger charge is 2.26. The van der Waals surface area contributed by atoms with Crippen molar-refractivity contribution in [1.29, 1.82) is 0 Å². The summed E-state index contributed by atoms with van der Waals surface area (Å²) in [6, 6.07) is -0.114. The average Bonchev–Trinajstić information content (AvgIpc) is 2.99. The number of H-pyrrole nitrogens is 1. The molecule has 0 saturated heterocycles. The molecule has 0 aliphatic carbocycles. The lowest BCUT2D eigenvalue weighted by Gasteiger charge is -2.16. The van der Waals surface area contributed by atoms with Crippen molar-refractivity contribution in [1.82, 2.24) is 15.5 Å². The van der Waals surface area contributed by atoms with Gasteiger partial charge in [0, 0.05) is 0 Å². The predicted octanol–water partition coefficient (Wildman–Crippen LogP) is 1.20. The Morgan fingerprint density at radius 3 is 2.52 bits per heavy atom. The van der Waals surface area contributed by atoms with Crippen LogP contribution in [0.2, 0.25) is 0 Å². The van der Waals surface area contributed by atoms with E-state index in [1.165, 1.54) is 0 Å². The van der Waals surface area contributed by atoms with Gasteiger partial charge in [0.2, 0.25) is 5.69 Å². The maximum Gasteiger partial charge on any atom is 0.319 e. The molecule has 1 unspecified atom stereocenters. The van der Waals surface area contributed by atoms with E-state index in [1.54, 1.807) is 0 Å². The first kappa shape index (κ1) is 16.4. The van der Waals surface area contributed by atoms with E-state index in [9.17, 15) is 33.2 Å². The molecule has 0 bridgehead atoms. The number of hydrogen-bond acceptors (Lipinski definition) is 5. The van der Waals surface area contributed by atoms with Crippen LogP contribution in [-0.4, -0.2) is 32.7 Å². The van der Waals surface area contributed by atoms with Crippen molar-refractivity contribution in [2.75, 3.05) is 6.61 Å². The zero-order valence-corrected chi connectivity index (χ0v) is 11.2. The molecule has 2 aromatic rings. The topological polar surface area (TPSA) is 121 Å². The SMILES string of the molecule is O=C(NC(CO)c1cc(F)c(F)c(F)c1)c1[nH]ncc1[N+](=O)[O-]. The number of carbonyl (C=O) groups excluding carboxylic acids is 1. The van der Waals surface area contributed by atoms with E-state index in [4.69, 9.17) is 0 Å². The van der Waals surface area contributed by atoms with Crippen LogP contribution < -0.4 is 5.32 Å². The molecule has 1 aromatic carbocycles. The van der Waals surface area contributed by atoms with E-state index in [0.717, 1.165) is 6.20 Å². The standard InChI is InChI=1S/C12H9F3N4O4/c13-6-1-5(2-7(14)10(6)15)8(4-20)17-12(21)11-9(19(22)23)3-16-18-11/h1-3,8,20H,4H2,(H,16,18)(H,17,21). The maximum absolute atomic E-state index is 13.2. The van der Waals surface area contributed by atoms with Crippen LogP contribution in [0.3, 0.4) is 0 Å². The number of aromatic amines is 1. The lowest BCUT2D eigenvalue weighted by Crippen LogP contribution is -2.31. The van der Waals surface area contributed by atoms with E-state index in [0.29, 0.717) is 12.1 Å². The fourth-order valence-electron chi connectivity index (χ4n) is 1.83. The molecular formula is C12H9F3N4O4. The van der Waals surface area contributed by atoms with E-state index < -0.39 is 52.3 Å². The molecule has 3 N–H and O–H groups in total. The molecule has 11 heteroatoms. The van der Waals surface area contributed by atoms with E-state index in [1.807, 2.05) is 0 Å². The van der Waals surface area contributed by atoms with Gasteiger partial charge in [0.15, 0.2) is 17.5 Å². The number of amides is 1. The zero-order valence-electron chi connectivity index (χ0n) is 11.2. The highest BCUT2D eigenvalue weighted by molar-refractivity contribution is 5.96. The number of halogens is 3. The van der Waals surface area contributed by atoms with Crippen molar-refractivity contribution < 1.29 is 28.0 Å². The van der Waals surface area contributed by atoms with Crippen LogP contribution in [-0.2, 0) is 0 Å². The van der Waals surface area contributed by atoms with Crippen LogP contribution in [0.25, 0.3) is 0 Å². The third kappa shape index (κ3) is 3.29. The number of carbonyl (C=O) groups is 1. The summed E-state index contributed by atoms with van der Waals surface area (Å²) < 4.78 is 39.3. The summed E-state index contributed by atoms with van der Waals surface area (Å²) in [6.07, 6.45) is 0.806. The molecule has 8 nitrogen and oxygen atoms in total. The van der Waals surface area contributed by atoms with Gasteiger partial charge >= 0.3 is 5.69 Å². The molecular weight excluding hydrogens is 321 g/mol. The van der Waals surface area contributed by atoms with Crippen molar-refractivity contribution in [3.8, 4) is 0 Å². The minimum atomic E-state index is -1.69. The largest absolute Gasteiger partial charge is 0.394 e. The fourth-order valence-corrected chi connectivity index (χ4v) is 1.83. The average molecular weight is 330 g/mol. The molecule has 122 valence electrons. The normalized spacial score (nSPS) is 12.0. The first-order chi connectivity index (χ1) is 10.8. The molecule has 0 saturated carbocycles. The maximum atomic E-state index is 13.2. The summed E-state index contributed by atoms with van der Waals surface area (Å²) in [6.45, 7) is -0.780. The number of rotatable bonds is 5. The minimum absolute atomic E-state index is 0.251. The van der Waals surface area contributed by atoms with Crippen molar-refractivity contribution >= 4 is 11.6 Å². The highest BCUT2D eigenvalue weighted by atomic mass is 19.2. The van der Waals surface area contributed by atoms with Crippen molar-refractivity contribution in [2.45, 2.75) is 6.04 Å². The molecule has 1 aromatic heterocycles. The Balaban J connectivity index is 2.27. The molecule has 1 heterocycles. The summed E-state index contributed by atoms with van der Waals surface area (Å²) in [4.78, 5) is 21.8. The van der Waals surface area contributed by atoms with Gasteiger partial charge in [0.1, 0.15) is 6.20 Å². The molecule has 0 aliphatic heterocycles. The van der Waals surface area contributed by atoms with E-state index in [-0.39, 0.29) is 5.56 Å². The number of nitrogens with zero attached hydrogens (tertiary/aromatic N) is 2. The Kier molecular flexibility index (Phi) is 4.60. The van der Waals surface area contributed by atoms with Crippen molar-refractivity contribution in [3.63, 3.8) is 0 Å². The Hall–Kier alpha value is -2.95. The van der Waals surface area contributed by atoms with Gasteiger partial charge in [-0.05, 0) is 17.7 Å². The molecule has 1 atom stereocenters. The van der Waals surface area contributed by atoms with Crippen LogP contribution in [0.1, 0.15) is 22.1 Å². The van der Waals surface area contributed by atoms with Crippen LogP contribution in [0, 0.1) is 27.6 Å². The van der Waals surface area contributed by atoms with Gasteiger partial charge in [-0.2, -0.15) is 5.10 Å². The third-order valence-corrected chi connectivity index (χ3v) is 2.94. The molecule has 0 aliphatic rings.